The lowest BCUT2D eigenvalue weighted by Gasteiger charge is -2.33. The molecule has 0 bridgehead atoms. The molecule has 0 spiro atoms. The number of carbonyl (C=O) groups is 1. The highest BCUT2D eigenvalue weighted by Gasteiger charge is 2.24. The molecule has 0 aliphatic carbocycles. The maximum Gasteiger partial charge on any atom is 0.231 e. The zero-order valence-electron chi connectivity index (χ0n) is 15.8. The molecule has 6 nitrogen and oxygen atoms in total. The van der Waals surface area contributed by atoms with Gasteiger partial charge in [0.2, 0.25) is 12.7 Å². The Hall–Kier alpha value is -2.25. The Kier molecular flexibility index (Phi) is 6.34. The molecule has 0 radical (unpaired) electrons. The van der Waals surface area contributed by atoms with Crippen molar-refractivity contribution in [2.24, 2.45) is 0 Å². The van der Waals surface area contributed by atoms with Crippen molar-refractivity contribution in [3.05, 3.63) is 40.6 Å². The first-order valence-corrected chi connectivity index (χ1v) is 10.6. The average molecular weight is 404 g/mol. The molecule has 1 aromatic heterocycles. The standard InChI is InChI=1S/C21H25NO5S/c23-21(6-2-1-4-18-5-3-11-28-18)22-9-10-24-17(13-22)14-25-16-7-8-19-20(12-16)27-15-26-19/h3,5,7-8,11-12,17H,1-2,4,6,9-10,13-15H2. The summed E-state index contributed by atoms with van der Waals surface area (Å²) in [5, 5.41) is 2.10. The number of thiophene rings is 1. The Labute approximate surface area is 169 Å². The number of fused-ring (bicyclic) bond motifs is 1. The number of morpholine rings is 1. The van der Waals surface area contributed by atoms with E-state index >= 15 is 0 Å². The van der Waals surface area contributed by atoms with Crippen LogP contribution in [-0.4, -0.2) is 50.0 Å². The molecule has 1 atom stereocenters. The maximum atomic E-state index is 12.5. The zero-order valence-corrected chi connectivity index (χ0v) is 16.6. The van der Waals surface area contributed by atoms with Crippen LogP contribution >= 0.6 is 11.3 Å². The van der Waals surface area contributed by atoms with Crippen molar-refractivity contribution in [3.8, 4) is 17.2 Å². The number of nitrogens with zero attached hydrogens (tertiary/aromatic N) is 1. The second kappa shape index (κ2) is 9.30. The van der Waals surface area contributed by atoms with Crippen LogP contribution in [0.3, 0.4) is 0 Å². The summed E-state index contributed by atoms with van der Waals surface area (Å²) in [6.07, 6.45) is 3.51. The van der Waals surface area contributed by atoms with Crippen molar-refractivity contribution in [1.29, 1.82) is 0 Å². The summed E-state index contributed by atoms with van der Waals surface area (Å²) in [5.41, 5.74) is 0. The second-order valence-corrected chi connectivity index (χ2v) is 7.98. The van der Waals surface area contributed by atoms with E-state index in [1.54, 1.807) is 11.3 Å². The smallest absolute Gasteiger partial charge is 0.231 e. The van der Waals surface area contributed by atoms with Gasteiger partial charge in [-0.1, -0.05) is 6.07 Å². The molecule has 2 aliphatic heterocycles. The lowest BCUT2D eigenvalue weighted by molar-refractivity contribution is -0.140. The number of ether oxygens (including phenoxy) is 4. The molecule has 3 heterocycles. The number of carbonyl (C=O) groups excluding carboxylic acids is 1. The minimum absolute atomic E-state index is 0.116. The Bertz CT molecular complexity index is 779. The zero-order chi connectivity index (χ0) is 19.2. The van der Waals surface area contributed by atoms with E-state index in [9.17, 15) is 4.79 Å². The minimum atomic E-state index is -0.116. The lowest BCUT2D eigenvalue weighted by Crippen LogP contribution is -2.47. The van der Waals surface area contributed by atoms with Crippen LogP contribution in [0.25, 0.3) is 0 Å². The van der Waals surface area contributed by atoms with Crippen molar-refractivity contribution in [1.82, 2.24) is 4.90 Å². The van der Waals surface area contributed by atoms with Gasteiger partial charge in [-0.25, -0.2) is 0 Å². The Morgan fingerprint density at radius 2 is 2.14 bits per heavy atom. The average Bonchev–Trinajstić information content (AvgIpc) is 3.41. The highest BCUT2D eigenvalue weighted by molar-refractivity contribution is 7.09. The van der Waals surface area contributed by atoms with Gasteiger partial charge in [0.05, 0.1) is 13.2 Å². The van der Waals surface area contributed by atoms with E-state index < -0.39 is 0 Å². The van der Waals surface area contributed by atoms with Crippen LogP contribution in [0.4, 0.5) is 0 Å². The molecule has 7 heteroatoms. The molecule has 1 amide bonds. The van der Waals surface area contributed by atoms with Crippen molar-refractivity contribution in [3.63, 3.8) is 0 Å². The summed E-state index contributed by atoms with van der Waals surface area (Å²) in [6, 6.07) is 9.74. The summed E-state index contributed by atoms with van der Waals surface area (Å²) in [7, 11) is 0. The third kappa shape index (κ3) is 4.97. The van der Waals surface area contributed by atoms with Crippen LogP contribution in [0, 0.1) is 0 Å². The third-order valence-electron chi connectivity index (χ3n) is 4.92. The summed E-state index contributed by atoms with van der Waals surface area (Å²) in [5.74, 6) is 2.35. The van der Waals surface area contributed by atoms with E-state index in [0.29, 0.717) is 44.2 Å². The summed E-state index contributed by atoms with van der Waals surface area (Å²) >= 11 is 1.78. The van der Waals surface area contributed by atoms with Crippen LogP contribution in [0.1, 0.15) is 24.1 Å². The summed E-state index contributed by atoms with van der Waals surface area (Å²) < 4.78 is 22.3. The van der Waals surface area contributed by atoms with Crippen LogP contribution in [-0.2, 0) is 16.0 Å². The number of hydrogen-bond donors (Lipinski definition) is 0. The number of benzene rings is 1. The SMILES string of the molecule is O=C(CCCCc1cccs1)N1CCOC(COc2ccc3c(c2)OCO3)C1. The molecule has 1 unspecified atom stereocenters. The molecule has 150 valence electrons. The molecule has 28 heavy (non-hydrogen) atoms. The van der Waals surface area contributed by atoms with Gasteiger partial charge in [0, 0.05) is 23.9 Å². The summed E-state index contributed by atoms with van der Waals surface area (Å²) in [6.45, 7) is 2.44. The van der Waals surface area contributed by atoms with Gasteiger partial charge in [-0.2, -0.15) is 0 Å². The third-order valence-corrected chi connectivity index (χ3v) is 5.85. The fourth-order valence-corrected chi connectivity index (χ4v) is 4.14. The molecule has 1 saturated heterocycles. The number of aryl methyl sites for hydroxylation is 1. The number of amides is 1. The predicted octanol–water partition coefficient (Wildman–Crippen LogP) is 3.50. The minimum Gasteiger partial charge on any atom is -0.491 e. The van der Waals surface area contributed by atoms with Gasteiger partial charge >= 0.3 is 0 Å². The van der Waals surface area contributed by atoms with Crippen molar-refractivity contribution in [2.75, 3.05) is 33.1 Å². The molecule has 1 aromatic carbocycles. The van der Waals surface area contributed by atoms with E-state index in [2.05, 4.69) is 17.5 Å². The normalized spacial score (nSPS) is 18.3. The quantitative estimate of drug-likeness (QED) is 0.632. The molecule has 1 fully saturated rings. The van der Waals surface area contributed by atoms with Crippen LogP contribution in [0.2, 0.25) is 0 Å². The number of hydrogen-bond acceptors (Lipinski definition) is 6. The highest BCUT2D eigenvalue weighted by Crippen LogP contribution is 2.35. The largest absolute Gasteiger partial charge is 0.491 e. The van der Waals surface area contributed by atoms with E-state index in [0.717, 1.165) is 25.0 Å². The fourth-order valence-electron chi connectivity index (χ4n) is 3.39. The topological polar surface area (TPSA) is 57.2 Å². The monoisotopic (exact) mass is 403 g/mol. The predicted molar refractivity (Wildman–Crippen MR) is 106 cm³/mol. The Morgan fingerprint density at radius 3 is 3.04 bits per heavy atom. The first kappa shape index (κ1) is 19.1. The van der Waals surface area contributed by atoms with Crippen LogP contribution in [0.15, 0.2) is 35.7 Å². The van der Waals surface area contributed by atoms with E-state index in [4.69, 9.17) is 18.9 Å². The first-order valence-electron chi connectivity index (χ1n) is 9.72. The Morgan fingerprint density at radius 1 is 1.21 bits per heavy atom. The van der Waals surface area contributed by atoms with E-state index in [1.807, 2.05) is 23.1 Å². The molecule has 2 aromatic rings. The van der Waals surface area contributed by atoms with Crippen molar-refractivity contribution >= 4 is 17.2 Å². The molecule has 0 saturated carbocycles. The van der Waals surface area contributed by atoms with Crippen LogP contribution in [0.5, 0.6) is 17.2 Å². The van der Waals surface area contributed by atoms with Gasteiger partial charge in [-0.3, -0.25) is 4.79 Å². The van der Waals surface area contributed by atoms with Gasteiger partial charge in [-0.05, 0) is 42.8 Å². The van der Waals surface area contributed by atoms with Crippen LogP contribution < -0.4 is 14.2 Å². The molecular formula is C21H25NO5S. The number of unbranched alkanes of at least 4 members (excludes halogenated alkanes) is 1. The number of rotatable bonds is 8. The highest BCUT2D eigenvalue weighted by atomic mass is 32.1. The van der Waals surface area contributed by atoms with Crippen molar-refractivity contribution < 1.29 is 23.7 Å². The maximum absolute atomic E-state index is 12.5. The molecule has 4 rings (SSSR count). The van der Waals surface area contributed by atoms with Gasteiger partial charge in [0.25, 0.3) is 0 Å². The Balaban J connectivity index is 1.18. The van der Waals surface area contributed by atoms with Gasteiger partial charge < -0.3 is 23.8 Å². The van der Waals surface area contributed by atoms with E-state index in [1.165, 1.54) is 4.88 Å². The van der Waals surface area contributed by atoms with Gasteiger partial charge in [-0.15, -0.1) is 11.3 Å². The van der Waals surface area contributed by atoms with Crippen molar-refractivity contribution in [2.45, 2.75) is 31.8 Å². The molecule has 2 aliphatic rings. The molecule has 0 N–H and O–H groups in total. The van der Waals surface area contributed by atoms with Gasteiger partial charge in [0.15, 0.2) is 11.5 Å². The molecular weight excluding hydrogens is 378 g/mol. The second-order valence-electron chi connectivity index (χ2n) is 6.95. The fraction of sp³-hybridized carbons (Fsp3) is 0.476. The first-order chi connectivity index (χ1) is 13.8. The van der Waals surface area contributed by atoms with Gasteiger partial charge in [0.1, 0.15) is 18.5 Å². The summed E-state index contributed by atoms with van der Waals surface area (Å²) in [4.78, 5) is 15.8. The lowest BCUT2D eigenvalue weighted by atomic mass is 10.1. The van der Waals surface area contributed by atoms with E-state index in [-0.39, 0.29) is 18.8 Å².